The van der Waals surface area contributed by atoms with Crippen molar-refractivity contribution in [3.8, 4) is 0 Å². The third-order valence-electron chi connectivity index (χ3n) is 3.16. The normalized spacial score (nSPS) is 11.0. The van der Waals surface area contributed by atoms with E-state index >= 15 is 0 Å². The zero-order chi connectivity index (χ0) is 15.4. The third-order valence-corrected chi connectivity index (χ3v) is 3.16. The van der Waals surface area contributed by atoms with E-state index in [-0.39, 0.29) is 24.0 Å². The topological polar surface area (TPSA) is 71.5 Å². The Morgan fingerprint density at radius 3 is 2.73 bits per heavy atom. The van der Waals surface area contributed by atoms with Crippen molar-refractivity contribution in [2.75, 3.05) is 24.3 Å². The number of halogens is 1. The highest BCUT2D eigenvalue weighted by Crippen LogP contribution is 2.12. The fourth-order valence-electron chi connectivity index (χ4n) is 2.07. The minimum Gasteiger partial charge on any atom is -0.370 e. The van der Waals surface area contributed by atoms with Crippen LogP contribution in [-0.4, -0.2) is 29.6 Å². The minimum absolute atomic E-state index is 0. The summed E-state index contributed by atoms with van der Waals surface area (Å²) in [4.78, 5) is 10.7. The molecule has 0 amide bonds. The lowest BCUT2D eigenvalue weighted by atomic mass is 10.2. The highest BCUT2D eigenvalue weighted by Gasteiger charge is 2.07. The van der Waals surface area contributed by atoms with Crippen LogP contribution in [0.4, 0.5) is 11.6 Å². The molecule has 0 aliphatic heterocycles. The van der Waals surface area contributed by atoms with Gasteiger partial charge in [0.25, 0.3) is 0 Å². The number of aromatic nitrogens is 2. The van der Waals surface area contributed by atoms with Crippen LogP contribution < -0.4 is 16.0 Å². The summed E-state index contributed by atoms with van der Waals surface area (Å²) in [5.41, 5.74) is 9.04. The average Bonchev–Trinajstić information content (AvgIpc) is 2.78. The van der Waals surface area contributed by atoms with Crippen molar-refractivity contribution in [3.05, 3.63) is 41.7 Å². The van der Waals surface area contributed by atoms with Crippen molar-refractivity contribution in [1.29, 1.82) is 0 Å². The van der Waals surface area contributed by atoms with Gasteiger partial charge in [0.2, 0.25) is 5.95 Å². The van der Waals surface area contributed by atoms with Crippen LogP contribution in [0.5, 0.6) is 0 Å². The molecule has 1 heterocycles. The SMILES string of the molecule is Cc1cccc(NC(N)=NCc2cnc(N(C)C)n2C)c1.I. The van der Waals surface area contributed by atoms with E-state index in [1.807, 2.05) is 68.0 Å². The average molecular weight is 414 g/mol. The van der Waals surface area contributed by atoms with Crippen LogP contribution in [0.3, 0.4) is 0 Å². The molecular formula is C15H23IN6. The van der Waals surface area contributed by atoms with Crippen LogP contribution in [-0.2, 0) is 13.6 Å². The lowest BCUT2D eigenvalue weighted by molar-refractivity contribution is 0.801. The van der Waals surface area contributed by atoms with Gasteiger partial charge < -0.3 is 20.5 Å². The maximum Gasteiger partial charge on any atom is 0.204 e. The number of hydrogen-bond donors (Lipinski definition) is 2. The Hall–Kier alpha value is -1.77. The Kier molecular flexibility index (Phi) is 6.66. The quantitative estimate of drug-likeness (QED) is 0.458. The van der Waals surface area contributed by atoms with E-state index in [0.717, 1.165) is 17.3 Å². The molecule has 22 heavy (non-hydrogen) atoms. The third kappa shape index (κ3) is 4.62. The Morgan fingerprint density at radius 2 is 2.14 bits per heavy atom. The van der Waals surface area contributed by atoms with Crippen molar-refractivity contribution in [2.45, 2.75) is 13.5 Å². The van der Waals surface area contributed by atoms with Crippen LogP contribution in [0.15, 0.2) is 35.5 Å². The van der Waals surface area contributed by atoms with E-state index < -0.39 is 0 Å². The van der Waals surface area contributed by atoms with Crippen LogP contribution in [0.25, 0.3) is 0 Å². The van der Waals surface area contributed by atoms with Gasteiger partial charge >= 0.3 is 0 Å². The zero-order valence-corrected chi connectivity index (χ0v) is 15.7. The van der Waals surface area contributed by atoms with Crippen molar-refractivity contribution >= 4 is 41.6 Å². The number of nitrogens with zero attached hydrogens (tertiary/aromatic N) is 4. The van der Waals surface area contributed by atoms with Crippen LogP contribution in [0.1, 0.15) is 11.3 Å². The molecule has 1 aromatic heterocycles. The number of guanidine groups is 1. The lowest BCUT2D eigenvalue weighted by Crippen LogP contribution is -2.22. The Balaban J connectivity index is 0.00000242. The molecule has 0 unspecified atom stereocenters. The molecule has 0 fully saturated rings. The molecule has 1 aromatic carbocycles. The number of rotatable bonds is 4. The molecule has 3 N–H and O–H groups in total. The molecule has 0 radical (unpaired) electrons. The summed E-state index contributed by atoms with van der Waals surface area (Å²) >= 11 is 0. The maximum atomic E-state index is 5.92. The van der Waals surface area contributed by atoms with Gasteiger partial charge in [0, 0.05) is 26.8 Å². The number of nitrogens with two attached hydrogens (primary N) is 1. The van der Waals surface area contributed by atoms with E-state index in [2.05, 4.69) is 15.3 Å². The monoisotopic (exact) mass is 414 g/mol. The Labute approximate surface area is 148 Å². The first-order valence-corrected chi connectivity index (χ1v) is 6.79. The number of nitrogens with one attached hydrogen (secondary N) is 1. The minimum atomic E-state index is 0. The highest BCUT2D eigenvalue weighted by molar-refractivity contribution is 14.0. The summed E-state index contributed by atoms with van der Waals surface area (Å²) in [6, 6.07) is 8.01. The zero-order valence-electron chi connectivity index (χ0n) is 13.4. The van der Waals surface area contributed by atoms with E-state index in [0.29, 0.717) is 12.5 Å². The van der Waals surface area contributed by atoms with Gasteiger partial charge in [-0.15, -0.1) is 24.0 Å². The van der Waals surface area contributed by atoms with Crippen LogP contribution in [0, 0.1) is 6.92 Å². The molecule has 0 saturated carbocycles. The fraction of sp³-hybridized carbons (Fsp3) is 0.333. The lowest BCUT2D eigenvalue weighted by Gasteiger charge is -2.12. The first-order chi connectivity index (χ1) is 9.97. The molecule has 2 aromatic rings. The second kappa shape index (κ2) is 8.02. The maximum absolute atomic E-state index is 5.92. The van der Waals surface area contributed by atoms with E-state index in [9.17, 15) is 0 Å². The largest absolute Gasteiger partial charge is 0.370 e. The standard InChI is InChI=1S/C15H22N6.HI/c1-11-6-5-7-12(8-11)19-14(16)17-9-13-10-18-15(20(2)3)21(13)4;/h5-8,10H,9H2,1-4H3,(H3,16,17,19);1H. The van der Waals surface area contributed by atoms with E-state index in [1.54, 1.807) is 0 Å². The van der Waals surface area contributed by atoms with Crippen molar-refractivity contribution in [1.82, 2.24) is 9.55 Å². The predicted molar refractivity (Wildman–Crippen MR) is 103 cm³/mol. The van der Waals surface area contributed by atoms with Gasteiger partial charge in [-0.1, -0.05) is 12.1 Å². The number of benzene rings is 1. The number of imidazole rings is 1. The van der Waals surface area contributed by atoms with Crippen molar-refractivity contribution < 1.29 is 0 Å². The molecule has 0 aliphatic carbocycles. The fourth-order valence-corrected chi connectivity index (χ4v) is 2.07. The Morgan fingerprint density at radius 1 is 1.41 bits per heavy atom. The van der Waals surface area contributed by atoms with Gasteiger partial charge in [-0.3, -0.25) is 0 Å². The molecule has 0 bridgehead atoms. The second-order valence-corrected chi connectivity index (χ2v) is 5.20. The smallest absolute Gasteiger partial charge is 0.204 e. The van der Waals surface area contributed by atoms with E-state index in [4.69, 9.17) is 5.73 Å². The molecule has 0 atom stereocenters. The summed E-state index contributed by atoms with van der Waals surface area (Å²) in [5.74, 6) is 1.29. The molecule has 2 rings (SSSR count). The first kappa shape index (κ1) is 18.3. The molecule has 0 aliphatic rings. The molecule has 0 spiro atoms. The van der Waals surface area contributed by atoms with Gasteiger partial charge in [0.05, 0.1) is 18.4 Å². The van der Waals surface area contributed by atoms with Crippen molar-refractivity contribution in [2.24, 2.45) is 17.8 Å². The van der Waals surface area contributed by atoms with Gasteiger partial charge in [-0.2, -0.15) is 0 Å². The van der Waals surface area contributed by atoms with E-state index in [1.165, 1.54) is 5.56 Å². The predicted octanol–water partition coefficient (Wildman–Crippen LogP) is 2.34. The first-order valence-electron chi connectivity index (χ1n) is 6.79. The number of aryl methyl sites for hydroxylation is 1. The summed E-state index contributed by atoms with van der Waals surface area (Å²) in [6.45, 7) is 2.53. The highest BCUT2D eigenvalue weighted by atomic mass is 127. The van der Waals surface area contributed by atoms with Crippen LogP contribution >= 0.6 is 24.0 Å². The molecular weight excluding hydrogens is 391 g/mol. The summed E-state index contributed by atoms with van der Waals surface area (Å²) in [7, 11) is 5.89. The van der Waals surface area contributed by atoms with Crippen molar-refractivity contribution in [3.63, 3.8) is 0 Å². The van der Waals surface area contributed by atoms with Gasteiger partial charge in [-0.25, -0.2) is 9.98 Å². The molecule has 6 nitrogen and oxygen atoms in total. The number of anilines is 2. The molecule has 7 heteroatoms. The summed E-state index contributed by atoms with van der Waals surface area (Å²) in [6.07, 6.45) is 1.82. The second-order valence-electron chi connectivity index (χ2n) is 5.20. The number of hydrogen-bond acceptors (Lipinski definition) is 3. The van der Waals surface area contributed by atoms with Gasteiger partial charge in [0.1, 0.15) is 0 Å². The Bertz CT molecular complexity index is 647. The van der Waals surface area contributed by atoms with Gasteiger partial charge in [-0.05, 0) is 24.6 Å². The summed E-state index contributed by atoms with van der Waals surface area (Å²) in [5, 5.41) is 3.09. The van der Waals surface area contributed by atoms with Crippen LogP contribution in [0.2, 0.25) is 0 Å². The molecule has 0 saturated heterocycles. The van der Waals surface area contributed by atoms with Gasteiger partial charge in [0.15, 0.2) is 5.96 Å². The number of aliphatic imine (C=N–C) groups is 1. The summed E-state index contributed by atoms with van der Waals surface area (Å²) < 4.78 is 2.00. The molecule has 120 valence electrons.